The monoisotopic (exact) mass is 461 g/mol. The molecule has 6 heteroatoms. The molecular formula is C28H39N5O. The van der Waals surface area contributed by atoms with Gasteiger partial charge in [0, 0.05) is 38.4 Å². The topological polar surface area (TPSA) is 52.6 Å². The zero-order valence-corrected chi connectivity index (χ0v) is 20.8. The number of carbonyl (C=O) groups excluding carboxylic acids is 1. The summed E-state index contributed by atoms with van der Waals surface area (Å²) in [5.41, 5.74) is 2.24. The van der Waals surface area contributed by atoms with Crippen molar-refractivity contribution in [3.63, 3.8) is 0 Å². The first-order valence-corrected chi connectivity index (χ1v) is 13.2. The fourth-order valence-electron chi connectivity index (χ4n) is 6.14. The molecule has 1 aromatic heterocycles. The van der Waals surface area contributed by atoms with Crippen LogP contribution in [-0.2, 0) is 17.8 Å². The molecule has 3 aliphatic rings. The van der Waals surface area contributed by atoms with E-state index < -0.39 is 0 Å². The van der Waals surface area contributed by atoms with E-state index in [1.54, 1.807) is 0 Å². The minimum atomic E-state index is -0.183. The number of nitrogens with zero attached hydrogens (tertiary/aromatic N) is 5. The van der Waals surface area contributed by atoms with Gasteiger partial charge in [-0.05, 0) is 69.2 Å². The fraction of sp³-hybridized carbons (Fsp3) is 0.607. The summed E-state index contributed by atoms with van der Waals surface area (Å²) in [7, 11) is 0. The van der Waals surface area contributed by atoms with E-state index in [1.807, 2.05) is 12.3 Å². The second kappa shape index (κ2) is 10.0. The van der Waals surface area contributed by atoms with Crippen LogP contribution in [0, 0.1) is 11.3 Å². The third kappa shape index (κ3) is 4.97. The highest BCUT2D eigenvalue weighted by molar-refractivity contribution is 5.85. The number of hydrogen-bond acceptors (Lipinski definition) is 5. The van der Waals surface area contributed by atoms with Crippen LogP contribution in [0.15, 0.2) is 42.6 Å². The molecule has 1 unspecified atom stereocenters. The van der Waals surface area contributed by atoms with Gasteiger partial charge in [-0.15, -0.1) is 0 Å². The lowest BCUT2D eigenvalue weighted by Gasteiger charge is -2.38. The van der Waals surface area contributed by atoms with Crippen LogP contribution in [0.3, 0.4) is 0 Å². The molecule has 34 heavy (non-hydrogen) atoms. The van der Waals surface area contributed by atoms with Gasteiger partial charge in [0.05, 0.1) is 11.1 Å². The van der Waals surface area contributed by atoms with E-state index in [0.717, 1.165) is 76.6 Å². The van der Waals surface area contributed by atoms with E-state index >= 15 is 0 Å². The largest absolute Gasteiger partial charge is 0.341 e. The summed E-state index contributed by atoms with van der Waals surface area (Å²) in [5, 5.41) is 0. The first-order chi connectivity index (χ1) is 16.5. The Morgan fingerprint density at radius 1 is 1.03 bits per heavy atom. The van der Waals surface area contributed by atoms with Gasteiger partial charge >= 0.3 is 0 Å². The maximum atomic E-state index is 13.8. The van der Waals surface area contributed by atoms with Gasteiger partial charge < -0.3 is 9.80 Å². The van der Waals surface area contributed by atoms with Gasteiger partial charge in [-0.25, -0.2) is 9.97 Å². The quantitative estimate of drug-likeness (QED) is 0.620. The van der Waals surface area contributed by atoms with Gasteiger partial charge in [0.15, 0.2) is 0 Å². The number of amides is 1. The average molecular weight is 462 g/mol. The predicted octanol–water partition coefficient (Wildman–Crippen LogP) is 4.16. The van der Waals surface area contributed by atoms with Gasteiger partial charge in [0.2, 0.25) is 11.9 Å². The van der Waals surface area contributed by atoms with Crippen molar-refractivity contribution in [3.05, 3.63) is 53.9 Å². The van der Waals surface area contributed by atoms with Crippen molar-refractivity contribution in [2.45, 2.75) is 65.0 Å². The molecule has 0 saturated carbocycles. The van der Waals surface area contributed by atoms with Crippen LogP contribution < -0.4 is 4.90 Å². The molecule has 1 atom stereocenters. The van der Waals surface area contributed by atoms with Crippen molar-refractivity contribution < 1.29 is 4.79 Å². The number of carbonyl (C=O) groups is 1. The Balaban J connectivity index is 1.24. The normalized spacial score (nSPS) is 22.9. The van der Waals surface area contributed by atoms with Gasteiger partial charge in [-0.2, -0.15) is 0 Å². The van der Waals surface area contributed by atoms with Crippen LogP contribution in [0.25, 0.3) is 0 Å². The van der Waals surface area contributed by atoms with E-state index in [-0.39, 0.29) is 5.41 Å². The Morgan fingerprint density at radius 2 is 1.76 bits per heavy atom. The zero-order chi connectivity index (χ0) is 23.5. The number of rotatable bonds is 7. The molecule has 5 rings (SSSR count). The van der Waals surface area contributed by atoms with Crippen LogP contribution in [0.1, 0.15) is 57.2 Å². The molecule has 1 aromatic carbocycles. The summed E-state index contributed by atoms with van der Waals surface area (Å²) >= 11 is 0. The Bertz CT molecular complexity index is 964. The number of hydrogen-bond donors (Lipinski definition) is 0. The number of aromatic nitrogens is 2. The highest BCUT2D eigenvalue weighted by atomic mass is 16.2. The Hall–Kier alpha value is -2.47. The molecule has 4 heterocycles. The Morgan fingerprint density at radius 3 is 2.47 bits per heavy atom. The second-order valence-electron chi connectivity index (χ2n) is 11.0. The summed E-state index contributed by atoms with van der Waals surface area (Å²) in [5.74, 6) is 1.77. The SMILES string of the molecule is CC(C)CN1C(=O)C2(CCN(Cc3ccnc(N4CCCC4)n3)CC2)CC1Cc1ccccc1. The zero-order valence-electron chi connectivity index (χ0n) is 20.8. The second-order valence-corrected chi connectivity index (χ2v) is 11.0. The lowest BCUT2D eigenvalue weighted by atomic mass is 9.75. The molecule has 2 aromatic rings. The van der Waals surface area contributed by atoms with Gasteiger partial charge in [0.25, 0.3) is 0 Å². The van der Waals surface area contributed by atoms with E-state index in [1.165, 1.54) is 18.4 Å². The summed E-state index contributed by atoms with van der Waals surface area (Å²) < 4.78 is 0. The molecule has 3 aliphatic heterocycles. The minimum absolute atomic E-state index is 0.183. The van der Waals surface area contributed by atoms with Crippen molar-refractivity contribution in [1.82, 2.24) is 19.8 Å². The molecule has 3 fully saturated rings. The molecule has 3 saturated heterocycles. The van der Waals surface area contributed by atoms with Crippen molar-refractivity contribution in [1.29, 1.82) is 0 Å². The minimum Gasteiger partial charge on any atom is -0.341 e. The van der Waals surface area contributed by atoms with E-state index in [0.29, 0.717) is 17.9 Å². The molecule has 0 bridgehead atoms. The number of piperidine rings is 1. The van der Waals surface area contributed by atoms with Gasteiger partial charge in [0.1, 0.15) is 0 Å². The van der Waals surface area contributed by atoms with Gasteiger partial charge in [-0.3, -0.25) is 9.69 Å². The maximum absolute atomic E-state index is 13.8. The predicted molar refractivity (Wildman–Crippen MR) is 136 cm³/mol. The molecule has 1 amide bonds. The smallest absolute Gasteiger partial charge is 0.229 e. The van der Waals surface area contributed by atoms with Crippen molar-refractivity contribution in [2.24, 2.45) is 11.3 Å². The number of benzene rings is 1. The van der Waals surface area contributed by atoms with Crippen LogP contribution in [0.4, 0.5) is 5.95 Å². The van der Waals surface area contributed by atoms with Crippen LogP contribution >= 0.6 is 0 Å². The maximum Gasteiger partial charge on any atom is 0.229 e. The Kier molecular flexibility index (Phi) is 6.87. The third-order valence-corrected chi connectivity index (χ3v) is 7.95. The lowest BCUT2D eigenvalue weighted by molar-refractivity contribution is -0.139. The summed E-state index contributed by atoms with van der Waals surface area (Å²) in [6, 6.07) is 13.0. The summed E-state index contributed by atoms with van der Waals surface area (Å²) in [6.07, 6.45) is 8.23. The fourth-order valence-corrected chi connectivity index (χ4v) is 6.14. The number of anilines is 1. The van der Waals surface area contributed by atoms with Crippen molar-refractivity contribution in [3.8, 4) is 0 Å². The van der Waals surface area contributed by atoms with Crippen LogP contribution in [0.5, 0.6) is 0 Å². The Labute approximate surface area is 204 Å². The molecule has 1 spiro atoms. The number of likely N-dealkylation sites (tertiary alicyclic amines) is 2. The molecule has 0 N–H and O–H groups in total. The average Bonchev–Trinajstić information content (AvgIpc) is 3.46. The first-order valence-electron chi connectivity index (χ1n) is 13.2. The van der Waals surface area contributed by atoms with E-state index in [9.17, 15) is 4.79 Å². The molecule has 0 radical (unpaired) electrons. The van der Waals surface area contributed by atoms with Crippen LogP contribution in [0.2, 0.25) is 0 Å². The van der Waals surface area contributed by atoms with Crippen molar-refractivity contribution >= 4 is 11.9 Å². The van der Waals surface area contributed by atoms with E-state index in [4.69, 9.17) is 4.98 Å². The van der Waals surface area contributed by atoms with Crippen molar-refractivity contribution in [2.75, 3.05) is 37.6 Å². The third-order valence-electron chi connectivity index (χ3n) is 7.95. The summed E-state index contributed by atoms with van der Waals surface area (Å²) in [6.45, 7) is 10.2. The van der Waals surface area contributed by atoms with Crippen LogP contribution in [-0.4, -0.2) is 64.4 Å². The van der Waals surface area contributed by atoms with Gasteiger partial charge in [-0.1, -0.05) is 44.2 Å². The first kappa shape index (κ1) is 23.3. The summed E-state index contributed by atoms with van der Waals surface area (Å²) in [4.78, 5) is 30.1. The standard InChI is InChI=1S/C28H39N5O/c1-22(2)20-33-25(18-23-8-4-3-5-9-23)19-28(26(33)34)11-16-31(17-12-28)21-24-10-13-29-27(30-24)32-14-6-7-15-32/h3-5,8-10,13,22,25H,6-7,11-12,14-21H2,1-2H3. The highest BCUT2D eigenvalue weighted by Gasteiger charge is 2.52. The molecule has 182 valence electrons. The lowest BCUT2D eigenvalue weighted by Crippen LogP contribution is -2.45. The highest BCUT2D eigenvalue weighted by Crippen LogP contribution is 2.45. The molecule has 6 nitrogen and oxygen atoms in total. The molecule has 0 aliphatic carbocycles. The van der Waals surface area contributed by atoms with E-state index in [2.05, 4.69) is 63.9 Å². The molecular weight excluding hydrogens is 422 g/mol.